The number of rotatable bonds is 8. The molecule has 0 radical (unpaired) electrons. The van der Waals surface area contributed by atoms with E-state index in [9.17, 15) is 4.79 Å². The monoisotopic (exact) mass is 292 g/mol. The second kappa shape index (κ2) is 8.80. The van der Waals surface area contributed by atoms with Crippen LogP contribution in [0.2, 0.25) is 0 Å². The van der Waals surface area contributed by atoms with Gasteiger partial charge in [-0.2, -0.15) is 0 Å². The van der Waals surface area contributed by atoms with Crippen molar-refractivity contribution in [3.63, 3.8) is 0 Å². The Morgan fingerprint density at radius 3 is 2.48 bits per heavy atom. The molecule has 0 atom stereocenters. The average molecular weight is 292 g/mol. The summed E-state index contributed by atoms with van der Waals surface area (Å²) < 4.78 is 0. The van der Waals surface area contributed by atoms with E-state index in [0.29, 0.717) is 18.9 Å². The van der Waals surface area contributed by atoms with Gasteiger partial charge in [0.25, 0.3) is 0 Å². The summed E-state index contributed by atoms with van der Waals surface area (Å²) in [6, 6.07) is 8.20. The van der Waals surface area contributed by atoms with E-state index in [2.05, 4.69) is 37.9 Å². The van der Waals surface area contributed by atoms with Crippen molar-refractivity contribution in [1.82, 2.24) is 4.90 Å². The van der Waals surface area contributed by atoms with Gasteiger partial charge in [-0.3, -0.25) is 9.69 Å². The van der Waals surface area contributed by atoms with Crippen molar-refractivity contribution < 1.29 is 9.90 Å². The highest BCUT2D eigenvalue weighted by Gasteiger charge is 2.15. The van der Waals surface area contributed by atoms with E-state index >= 15 is 0 Å². The van der Waals surface area contributed by atoms with E-state index < -0.39 is 0 Å². The summed E-state index contributed by atoms with van der Waals surface area (Å²) in [5.41, 5.74) is 2.04. The molecule has 4 nitrogen and oxygen atoms in total. The topological polar surface area (TPSA) is 52.6 Å². The third-order valence-electron chi connectivity index (χ3n) is 3.54. The predicted molar refractivity (Wildman–Crippen MR) is 87.6 cm³/mol. The number of carbonyl (C=O) groups excluding carboxylic acids is 1. The second-order valence-electron chi connectivity index (χ2n) is 5.93. The standard InChI is InChI=1S/C17H28N2O2/c1-13(2)15-8-5-6-9-16(15)18-17(21)12-19(14(3)4)10-7-11-20/h5-6,8-9,13-14,20H,7,10-12H2,1-4H3,(H,18,21). The maximum atomic E-state index is 12.3. The van der Waals surface area contributed by atoms with Crippen molar-refractivity contribution in [3.8, 4) is 0 Å². The Balaban J connectivity index is 2.68. The molecule has 0 aromatic heterocycles. The lowest BCUT2D eigenvalue weighted by molar-refractivity contribution is -0.117. The fraction of sp³-hybridized carbons (Fsp3) is 0.588. The van der Waals surface area contributed by atoms with Crippen LogP contribution in [0.15, 0.2) is 24.3 Å². The molecule has 0 spiro atoms. The summed E-state index contributed by atoms with van der Waals surface area (Å²) in [4.78, 5) is 14.3. The van der Waals surface area contributed by atoms with Crippen LogP contribution in [0.25, 0.3) is 0 Å². The number of hydrogen-bond donors (Lipinski definition) is 2. The Morgan fingerprint density at radius 1 is 1.24 bits per heavy atom. The summed E-state index contributed by atoms with van der Waals surface area (Å²) in [6.45, 7) is 9.59. The molecule has 1 amide bonds. The maximum absolute atomic E-state index is 12.3. The van der Waals surface area contributed by atoms with E-state index in [1.807, 2.05) is 24.3 Å². The molecule has 0 saturated carbocycles. The minimum atomic E-state index is -0.00487. The first-order chi connectivity index (χ1) is 9.95. The Hall–Kier alpha value is -1.39. The smallest absolute Gasteiger partial charge is 0.238 e. The molecular weight excluding hydrogens is 264 g/mol. The van der Waals surface area contributed by atoms with Crippen LogP contribution >= 0.6 is 0 Å². The molecule has 118 valence electrons. The van der Waals surface area contributed by atoms with Gasteiger partial charge in [0.15, 0.2) is 0 Å². The molecule has 0 aliphatic rings. The number of aliphatic hydroxyl groups excluding tert-OH is 1. The lowest BCUT2D eigenvalue weighted by Crippen LogP contribution is -2.39. The molecule has 1 aromatic rings. The Morgan fingerprint density at radius 2 is 1.90 bits per heavy atom. The van der Waals surface area contributed by atoms with Crippen LogP contribution in [0.4, 0.5) is 5.69 Å². The zero-order valence-corrected chi connectivity index (χ0v) is 13.6. The van der Waals surface area contributed by atoms with E-state index in [1.165, 1.54) is 0 Å². The molecule has 0 unspecified atom stereocenters. The number of nitrogens with zero attached hydrogens (tertiary/aromatic N) is 1. The van der Waals surface area contributed by atoms with Gasteiger partial charge in [-0.05, 0) is 37.8 Å². The Kier molecular flexibility index (Phi) is 7.40. The van der Waals surface area contributed by atoms with Crippen LogP contribution in [0.5, 0.6) is 0 Å². The van der Waals surface area contributed by atoms with Gasteiger partial charge in [-0.1, -0.05) is 32.0 Å². The molecule has 0 bridgehead atoms. The summed E-state index contributed by atoms with van der Waals surface area (Å²) in [7, 11) is 0. The molecule has 0 aliphatic carbocycles. The fourth-order valence-corrected chi connectivity index (χ4v) is 2.28. The number of carbonyl (C=O) groups is 1. The number of anilines is 1. The molecule has 1 aromatic carbocycles. The highest BCUT2D eigenvalue weighted by atomic mass is 16.3. The Bertz CT molecular complexity index is 444. The van der Waals surface area contributed by atoms with Crippen LogP contribution in [0.3, 0.4) is 0 Å². The molecule has 0 fully saturated rings. The van der Waals surface area contributed by atoms with Gasteiger partial charge in [0.2, 0.25) is 5.91 Å². The predicted octanol–water partition coefficient (Wildman–Crippen LogP) is 2.84. The number of nitrogens with one attached hydrogen (secondary N) is 1. The summed E-state index contributed by atoms with van der Waals surface area (Å²) >= 11 is 0. The number of hydrogen-bond acceptors (Lipinski definition) is 3. The molecule has 4 heteroatoms. The minimum absolute atomic E-state index is 0.00487. The van der Waals surface area contributed by atoms with Gasteiger partial charge >= 0.3 is 0 Å². The van der Waals surface area contributed by atoms with Crippen LogP contribution in [0.1, 0.15) is 45.6 Å². The highest BCUT2D eigenvalue weighted by Crippen LogP contribution is 2.23. The summed E-state index contributed by atoms with van der Waals surface area (Å²) in [5.74, 6) is 0.367. The van der Waals surface area contributed by atoms with E-state index in [-0.39, 0.29) is 18.6 Å². The largest absolute Gasteiger partial charge is 0.396 e. The zero-order valence-electron chi connectivity index (χ0n) is 13.6. The van der Waals surface area contributed by atoms with Crippen molar-refractivity contribution in [2.75, 3.05) is 25.0 Å². The lowest BCUT2D eigenvalue weighted by Gasteiger charge is -2.25. The number of para-hydroxylation sites is 1. The fourth-order valence-electron chi connectivity index (χ4n) is 2.28. The number of amides is 1. The van der Waals surface area contributed by atoms with Gasteiger partial charge in [0.05, 0.1) is 6.54 Å². The minimum Gasteiger partial charge on any atom is -0.396 e. The van der Waals surface area contributed by atoms with Crippen molar-refractivity contribution in [2.45, 2.75) is 46.1 Å². The van der Waals surface area contributed by atoms with Gasteiger partial charge in [-0.25, -0.2) is 0 Å². The third kappa shape index (κ3) is 5.86. The van der Waals surface area contributed by atoms with Crippen LogP contribution in [-0.4, -0.2) is 41.7 Å². The normalized spacial score (nSPS) is 11.4. The quantitative estimate of drug-likeness (QED) is 0.774. The third-order valence-corrected chi connectivity index (χ3v) is 3.54. The molecular formula is C17H28N2O2. The van der Waals surface area contributed by atoms with Crippen LogP contribution in [0, 0.1) is 0 Å². The first kappa shape index (κ1) is 17.7. The molecule has 2 N–H and O–H groups in total. The Labute approximate surface area is 128 Å². The average Bonchev–Trinajstić information content (AvgIpc) is 2.43. The van der Waals surface area contributed by atoms with Gasteiger partial charge < -0.3 is 10.4 Å². The molecule has 1 rings (SSSR count). The SMILES string of the molecule is CC(C)c1ccccc1NC(=O)CN(CCCO)C(C)C. The van der Waals surface area contributed by atoms with Gasteiger partial charge in [0, 0.05) is 24.9 Å². The number of aliphatic hydroxyl groups is 1. The van der Waals surface area contributed by atoms with Crippen molar-refractivity contribution >= 4 is 11.6 Å². The lowest BCUT2D eigenvalue weighted by atomic mass is 10.0. The van der Waals surface area contributed by atoms with Crippen molar-refractivity contribution in [1.29, 1.82) is 0 Å². The van der Waals surface area contributed by atoms with Crippen LogP contribution in [-0.2, 0) is 4.79 Å². The zero-order chi connectivity index (χ0) is 15.8. The van der Waals surface area contributed by atoms with E-state index in [4.69, 9.17) is 5.11 Å². The number of benzene rings is 1. The molecule has 0 aliphatic heterocycles. The maximum Gasteiger partial charge on any atom is 0.238 e. The van der Waals surface area contributed by atoms with Gasteiger partial charge in [-0.15, -0.1) is 0 Å². The summed E-state index contributed by atoms with van der Waals surface area (Å²) in [6.07, 6.45) is 0.689. The molecule has 0 heterocycles. The highest BCUT2D eigenvalue weighted by molar-refractivity contribution is 5.93. The molecule has 0 saturated heterocycles. The van der Waals surface area contributed by atoms with Crippen molar-refractivity contribution in [2.24, 2.45) is 0 Å². The summed E-state index contributed by atoms with van der Waals surface area (Å²) in [5, 5.41) is 11.9. The molecule has 21 heavy (non-hydrogen) atoms. The first-order valence-corrected chi connectivity index (χ1v) is 7.69. The van der Waals surface area contributed by atoms with Crippen LogP contribution < -0.4 is 5.32 Å². The second-order valence-corrected chi connectivity index (χ2v) is 5.93. The first-order valence-electron chi connectivity index (χ1n) is 7.69. The van der Waals surface area contributed by atoms with E-state index in [0.717, 1.165) is 17.8 Å². The van der Waals surface area contributed by atoms with Gasteiger partial charge in [0.1, 0.15) is 0 Å². The van der Waals surface area contributed by atoms with Crippen molar-refractivity contribution in [3.05, 3.63) is 29.8 Å². The van der Waals surface area contributed by atoms with E-state index in [1.54, 1.807) is 0 Å².